The summed E-state index contributed by atoms with van der Waals surface area (Å²) in [6.45, 7) is 0. The van der Waals surface area contributed by atoms with Crippen molar-refractivity contribution in [2.75, 3.05) is 0 Å². The van der Waals surface area contributed by atoms with Gasteiger partial charge in [-0.1, -0.05) is 0 Å². The lowest BCUT2D eigenvalue weighted by molar-refractivity contribution is -0.193. The SMILES string of the molecule is N#Cc1nc(C(F)(F)CC(F)(F)F)[nH]c1C#N. The smallest absolute Gasteiger partial charge is 0.328 e. The molecule has 1 heterocycles. The van der Waals surface area contributed by atoms with Gasteiger partial charge in [0, 0.05) is 0 Å². The molecule has 9 heteroatoms. The third-order valence-corrected chi connectivity index (χ3v) is 1.69. The molecule has 4 nitrogen and oxygen atoms in total. The number of H-pyrrole nitrogens is 1. The van der Waals surface area contributed by atoms with Crippen LogP contribution in [0, 0.1) is 22.7 Å². The molecule has 0 unspecified atom stereocenters. The van der Waals surface area contributed by atoms with E-state index in [0.29, 0.717) is 0 Å². The second kappa shape index (κ2) is 4.01. The van der Waals surface area contributed by atoms with Crippen LogP contribution in [-0.2, 0) is 5.92 Å². The molecule has 1 rings (SSSR count). The van der Waals surface area contributed by atoms with Gasteiger partial charge in [0.1, 0.15) is 18.6 Å². The van der Waals surface area contributed by atoms with Gasteiger partial charge in [0.15, 0.2) is 17.2 Å². The molecule has 17 heavy (non-hydrogen) atoms. The highest BCUT2D eigenvalue weighted by atomic mass is 19.4. The zero-order chi connectivity index (χ0) is 13.3. The Balaban J connectivity index is 3.13. The normalized spacial score (nSPS) is 11.9. The molecular formula is C8H3F5N4. The van der Waals surface area contributed by atoms with Crippen molar-refractivity contribution in [2.45, 2.75) is 18.5 Å². The number of nitrogens with zero attached hydrogens (tertiary/aromatic N) is 3. The van der Waals surface area contributed by atoms with Gasteiger partial charge in [-0.2, -0.15) is 32.5 Å². The summed E-state index contributed by atoms with van der Waals surface area (Å²) in [6.07, 6.45) is -7.50. The van der Waals surface area contributed by atoms with Crippen LogP contribution >= 0.6 is 0 Å². The number of hydrogen-bond donors (Lipinski definition) is 1. The molecule has 0 aliphatic rings. The second-order valence-corrected chi connectivity index (χ2v) is 3.03. The molecule has 0 amide bonds. The number of imidazole rings is 1. The fourth-order valence-corrected chi connectivity index (χ4v) is 1.04. The zero-order valence-corrected chi connectivity index (χ0v) is 7.94. The van der Waals surface area contributed by atoms with E-state index >= 15 is 0 Å². The van der Waals surface area contributed by atoms with E-state index in [0.717, 1.165) is 0 Å². The molecule has 0 aromatic carbocycles. The number of hydrogen-bond acceptors (Lipinski definition) is 3. The summed E-state index contributed by atoms with van der Waals surface area (Å²) in [7, 11) is 0. The first-order chi connectivity index (χ1) is 7.69. The molecule has 0 bridgehead atoms. The summed E-state index contributed by atoms with van der Waals surface area (Å²) in [5, 5.41) is 16.8. The molecule has 0 saturated carbocycles. The lowest BCUT2D eigenvalue weighted by Crippen LogP contribution is -2.24. The molecular weight excluding hydrogens is 247 g/mol. The summed E-state index contributed by atoms with van der Waals surface area (Å²) in [5.41, 5.74) is -1.26. The Hall–Kier alpha value is -2.16. The van der Waals surface area contributed by atoms with Crippen molar-refractivity contribution in [3.8, 4) is 12.1 Å². The molecule has 90 valence electrons. The molecule has 0 aliphatic heterocycles. The number of nitrogens with one attached hydrogen (secondary N) is 1. The van der Waals surface area contributed by atoms with E-state index in [2.05, 4.69) is 4.98 Å². The van der Waals surface area contributed by atoms with Crippen LogP contribution in [-0.4, -0.2) is 16.1 Å². The largest absolute Gasteiger partial charge is 0.395 e. The topological polar surface area (TPSA) is 76.3 Å². The molecule has 0 fully saturated rings. The van der Waals surface area contributed by atoms with Gasteiger partial charge in [-0.25, -0.2) is 4.98 Å². The standard InChI is InChI=1S/C8H3F5N4/c9-7(10,3-8(11,12)13)6-16-4(1-14)5(2-15)17-6/h3H2,(H,16,17). The Bertz CT molecular complexity index is 470. The molecule has 1 N–H and O–H groups in total. The van der Waals surface area contributed by atoms with E-state index in [1.54, 1.807) is 4.98 Å². The molecule has 1 aromatic rings. The maximum absolute atomic E-state index is 13.1. The summed E-state index contributed by atoms with van der Waals surface area (Å²) < 4.78 is 61.7. The third kappa shape index (κ3) is 2.91. The maximum atomic E-state index is 13.1. The van der Waals surface area contributed by atoms with Crippen molar-refractivity contribution in [1.82, 2.24) is 9.97 Å². The number of rotatable bonds is 2. The van der Waals surface area contributed by atoms with Crippen molar-refractivity contribution in [3.63, 3.8) is 0 Å². The van der Waals surface area contributed by atoms with Crippen molar-refractivity contribution >= 4 is 0 Å². The minimum atomic E-state index is -5.09. The van der Waals surface area contributed by atoms with Gasteiger partial charge in [-0.3, -0.25) is 0 Å². The zero-order valence-electron chi connectivity index (χ0n) is 7.94. The van der Waals surface area contributed by atoms with Crippen LogP contribution in [0.4, 0.5) is 22.0 Å². The molecule has 1 aromatic heterocycles. The van der Waals surface area contributed by atoms with Crippen molar-refractivity contribution in [2.24, 2.45) is 0 Å². The molecule has 0 radical (unpaired) electrons. The molecule has 0 saturated heterocycles. The first-order valence-electron chi connectivity index (χ1n) is 4.05. The number of halogens is 5. The van der Waals surface area contributed by atoms with E-state index in [4.69, 9.17) is 10.5 Å². The summed E-state index contributed by atoms with van der Waals surface area (Å²) in [5.74, 6) is -5.65. The second-order valence-electron chi connectivity index (χ2n) is 3.03. The average molecular weight is 250 g/mol. The van der Waals surface area contributed by atoms with Crippen LogP contribution in [0.1, 0.15) is 23.6 Å². The van der Waals surface area contributed by atoms with Gasteiger partial charge in [0.25, 0.3) is 0 Å². The molecule has 0 aliphatic carbocycles. The first kappa shape index (κ1) is 12.9. The van der Waals surface area contributed by atoms with Crippen LogP contribution in [0.2, 0.25) is 0 Å². The van der Waals surface area contributed by atoms with Gasteiger partial charge in [-0.05, 0) is 0 Å². The Morgan fingerprint density at radius 3 is 2.06 bits per heavy atom. The van der Waals surface area contributed by atoms with Crippen molar-refractivity contribution in [1.29, 1.82) is 10.5 Å². The van der Waals surface area contributed by atoms with E-state index in [1.165, 1.54) is 12.1 Å². The average Bonchev–Trinajstić information content (AvgIpc) is 2.57. The van der Waals surface area contributed by atoms with Gasteiger partial charge >= 0.3 is 12.1 Å². The van der Waals surface area contributed by atoms with E-state index < -0.39 is 35.7 Å². The van der Waals surface area contributed by atoms with Crippen LogP contribution in [0.5, 0.6) is 0 Å². The van der Waals surface area contributed by atoms with E-state index in [9.17, 15) is 22.0 Å². The minimum absolute atomic E-state index is 0.593. The highest BCUT2D eigenvalue weighted by molar-refractivity contribution is 5.37. The van der Waals surface area contributed by atoms with Gasteiger partial charge in [-0.15, -0.1) is 0 Å². The lowest BCUT2D eigenvalue weighted by Gasteiger charge is -2.15. The van der Waals surface area contributed by atoms with Crippen LogP contribution in [0.3, 0.4) is 0 Å². The minimum Gasteiger partial charge on any atom is -0.328 e. The Kier molecular flexibility index (Phi) is 3.05. The Labute approximate surface area is 91.3 Å². The van der Waals surface area contributed by atoms with E-state index in [-0.39, 0.29) is 0 Å². The summed E-state index contributed by atoms with van der Waals surface area (Å²) in [4.78, 5) is 4.67. The number of aromatic nitrogens is 2. The monoisotopic (exact) mass is 250 g/mol. The molecule has 0 spiro atoms. The Morgan fingerprint density at radius 2 is 1.71 bits per heavy atom. The fraction of sp³-hybridized carbons (Fsp3) is 0.375. The first-order valence-corrected chi connectivity index (χ1v) is 4.05. The summed E-state index contributed by atoms with van der Waals surface area (Å²) >= 11 is 0. The van der Waals surface area contributed by atoms with Crippen LogP contribution in [0.15, 0.2) is 0 Å². The molecule has 0 atom stereocenters. The number of alkyl halides is 5. The van der Waals surface area contributed by atoms with Crippen LogP contribution < -0.4 is 0 Å². The quantitative estimate of drug-likeness (QED) is 0.817. The Morgan fingerprint density at radius 1 is 1.12 bits per heavy atom. The highest BCUT2D eigenvalue weighted by Crippen LogP contribution is 2.38. The number of nitriles is 2. The van der Waals surface area contributed by atoms with E-state index in [1.807, 2.05) is 0 Å². The van der Waals surface area contributed by atoms with Gasteiger partial charge in [0.2, 0.25) is 0 Å². The van der Waals surface area contributed by atoms with Gasteiger partial charge < -0.3 is 4.98 Å². The third-order valence-electron chi connectivity index (χ3n) is 1.69. The van der Waals surface area contributed by atoms with Crippen molar-refractivity contribution < 1.29 is 22.0 Å². The van der Waals surface area contributed by atoms with Crippen molar-refractivity contribution in [3.05, 3.63) is 17.2 Å². The number of aromatic amines is 1. The van der Waals surface area contributed by atoms with Gasteiger partial charge in [0.05, 0.1) is 0 Å². The highest BCUT2D eigenvalue weighted by Gasteiger charge is 2.47. The van der Waals surface area contributed by atoms with Crippen LogP contribution in [0.25, 0.3) is 0 Å². The predicted molar refractivity (Wildman–Crippen MR) is 42.6 cm³/mol. The lowest BCUT2D eigenvalue weighted by atomic mass is 10.2. The summed E-state index contributed by atoms with van der Waals surface area (Å²) in [6, 6.07) is 2.67. The fourth-order valence-electron chi connectivity index (χ4n) is 1.04. The maximum Gasteiger partial charge on any atom is 0.395 e. The predicted octanol–water partition coefficient (Wildman–Crippen LogP) is 2.20.